The number of halogens is 11. The molecule has 2 aromatic carbocycles. The van der Waals surface area contributed by atoms with E-state index in [1.165, 1.54) is 18.2 Å². The second kappa shape index (κ2) is 15.0. The maximum absolute atomic E-state index is 13.8. The van der Waals surface area contributed by atoms with Gasteiger partial charge in [-0.25, -0.2) is 4.98 Å². The minimum absolute atomic E-state index is 0.00601. The van der Waals surface area contributed by atoms with Gasteiger partial charge in [0.05, 0.1) is 39.1 Å². The number of benzene rings is 2. The van der Waals surface area contributed by atoms with Crippen LogP contribution in [0.5, 0.6) is 0 Å². The van der Waals surface area contributed by atoms with Crippen LogP contribution in [0.25, 0.3) is 11.0 Å². The van der Waals surface area contributed by atoms with Crippen LogP contribution in [0.15, 0.2) is 24.3 Å². The van der Waals surface area contributed by atoms with E-state index in [2.05, 4.69) is 15.6 Å². The monoisotopic (exact) mass is 801 g/mol. The molecule has 5 rings (SSSR count). The van der Waals surface area contributed by atoms with Crippen molar-refractivity contribution in [2.24, 2.45) is 24.3 Å². The average molecular weight is 803 g/mol. The second-order valence-electron chi connectivity index (χ2n) is 14.3. The molecule has 1 aliphatic carbocycles. The number of nitrogens with zero attached hydrogens (tertiary/aromatic N) is 3. The number of carbonyl (C=O) groups is 2. The van der Waals surface area contributed by atoms with Crippen LogP contribution >= 0.6 is 23.2 Å². The lowest BCUT2D eigenvalue weighted by atomic mass is 9.85. The molecule has 1 saturated heterocycles. The first-order valence-corrected chi connectivity index (χ1v) is 17.7. The van der Waals surface area contributed by atoms with Crippen molar-refractivity contribution in [1.82, 2.24) is 20.2 Å². The Morgan fingerprint density at radius 3 is 2.02 bits per heavy atom. The van der Waals surface area contributed by atoms with Crippen LogP contribution < -0.4 is 15.5 Å². The van der Waals surface area contributed by atoms with Crippen molar-refractivity contribution in [3.8, 4) is 0 Å². The van der Waals surface area contributed by atoms with Crippen molar-refractivity contribution in [2.75, 3.05) is 18.0 Å². The summed E-state index contributed by atoms with van der Waals surface area (Å²) in [5.41, 5.74) is -0.685. The molecule has 2 amide bonds. The summed E-state index contributed by atoms with van der Waals surface area (Å²) < 4.78 is 122. The first kappa shape index (κ1) is 40.8. The molecule has 292 valence electrons. The maximum Gasteiger partial charge on any atom is 0.402 e. The summed E-state index contributed by atoms with van der Waals surface area (Å²) in [5, 5.41) is 5.40. The van der Waals surface area contributed by atoms with E-state index in [0.29, 0.717) is 33.7 Å². The van der Waals surface area contributed by atoms with E-state index < -0.39 is 53.6 Å². The van der Waals surface area contributed by atoms with Crippen LogP contribution in [0.2, 0.25) is 10.0 Å². The van der Waals surface area contributed by atoms with Gasteiger partial charge in [0.25, 0.3) is 5.91 Å². The number of imidazole rings is 1. The Labute approximate surface area is 309 Å². The number of piperidine rings is 1. The minimum Gasteiger partial charge on any atom is -0.371 e. The van der Waals surface area contributed by atoms with Gasteiger partial charge in [-0.15, -0.1) is 0 Å². The van der Waals surface area contributed by atoms with E-state index >= 15 is 0 Å². The van der Waals surface area contributed by atoms with E-state index in [1.54, 1.807) is 22.6 Å². The SMILES string of the molecule is Cn1c(Cc2c(Cl)ccc(CNC(=O)C(C)(C)C(F)(F)F)c2Cl)nc2cc(C(=O)NC3CCC(C(F)(F)F)CC3)c(N3CCC(C(F)(F)F)CC3)cc21. The van der Waals surface area contributed by atoms with Crippen molar-refractivity contribution in [3.63, 3.8) is 0 Å². The van der Waals surface area contributed by atoms with Gasteiger partial charge in [0.1, 0.15) is 11.2 Å². The molecule has 7 nitrogen and oxygen atoms in total. The van der Waals surface area contributed by atoms with E-state index in [9.17, 15) is 49.1 Å². The van der Waals surface area contributed by atoms with Crippen LogP contribution in [-0.2, 0) is 24.8 Å². The molecule has 1 aliphatic heterocycles. The van der Waals surface area contributed by atoms with Crippen molar-refractivity contribution >= 4 is 51.7 Å². The largest absolute Gasteiger partial charge is 0.402 e. The van der Waals surface area contributed by atoms with Crippen molar-refractivity contribution in [1.29, 1.82) is 0 Å². The summed E-state index contributed by atoms with van der Waals surface area (Å²) >= 11 is 13.2. The number of hydrogen-bond acceptors (Lipinski definition) is 4. The molecule has 0 bridgehead atoms. The van der Waals surface area contributed by atoms with E-state index in [-0.39, 0.29) is 80.2 Å². The molecular weight excluding hydrogens is 764 g/mol. The molecule has 2 aliphatic rings. The highest BCUT2D eigenvalue weighted by molar-refractivity contribution is 6.36. The number of rotatable bonds is 8. The third kappa shape index (κ3) is 8.79. The fourth-order valence-corrected chi connectivity index (χ4v) is 7.35. The van der Waals surface area contributed by atoms with E-state index in [4.69, 9.17) is 23.2 Å². The van der Waals surface area contributed by atoms with Gasteiger partial charge in [0.15, 0.2) is 0 Å². The molecule has 1 aromatic heterocycles. The molecule has 1 saturated carbocycles. The molecule has 3 aromatic rings. The van der Waals surface area contributed by atoms with Gasteiger partial charge >= 0.3 is 18.5 Å². The van der Waals surface area contributed by atoms with Gasteiger partial charge in [-0.2, -0.15) is 39.5 Å². The minimum atomic E-state index is -4.79. The van der Waals surface area contributed by atoms with Crippen LogP contribution in [-0.4, -0.2) is 59.0 Å². The van der Waals surface area contributed by atoms with Gasteiger partial charge in [-0.05, 0) is 81.7 Å². The number of fused-ring (bicyclic) bond motifs is 1. The molecule has 18 heteroatoms. The summed E-state index contributed by atoms with van der Waals surface area (Å²) in [5.74, 6) is -4.39. The van der Waals surface area contributed by atoms with Crippen LogP contribution in [0.3, 0.4) is 0 Å². The number of nitrogens with one attached hydrogen (secondary N) is 2. The second-order valence-corrected chi connectivity index (χ2v) is 15.1. The molecule has 2 fully saturated rings. The van der Waals surface area contributed by atoms with Crippen molar-refractivity contribution < 1.29 is 49.1 Å². The van der Waals surface area contributed by atoms with Gasteiger partial charge in [0.2, 0.25) is 5.91 Å². The number of aromatic nitrogens is 2. The number of carbonyl (C=O) groups excluding carboxylic acids is 2. The highest BCUT2D eigenvalue weighted by atomic mass is 35.5. The molecule has 53 heavy (non-hydrogen) atoms. The Bertz CT molecular complexity index is 1840. The molecule has 0 unspecified atom stereocenters. The lowest BCUT2D eigenvalue weighted by Crippen LogP contribution is -2.46. The standard InChI is InChI=1S/C35H38Cl2F9N5O2/c1-32(2,35(44,45)46)31(53)47-17-18-4-9-24(36)22(29(18)37)15-28-49-25-14-23(30(52)48-21-7-5-19(6-8-21)33(38,39)40)26(16-27(25)50(28)3)51-12-10-20(11-13-51)34(41,42)43/h4,9,14,16,19-21H,5-8,10-13,15,17H2,1-3H3,(H,47,53)(H,48,52). The summed E-state index contributed by atoms with van der Waals surface area (Å²) in [4.78, 5) is 32.5. The average Bonchev–Trinajstić information content (AvgIpc) is 3.38. The zero-order valence-corrected chi connectivity index (χ0v) is 30.4. The normalized spacial score (nSPS) is 19.5. The van der Waals surface area contributed by atoms with Gasteiger partial charge in [0, 0.05) is 44.2 Å². The molecular formula is C35H38Cl2F9N5O2. The van der Waals surface area contributed by atoms with Crippen molar-refractivity contribution in [2.45, 2.75) is 89.9 Å². The zero-order valence-electron chi connectivity index (χ0n) is 28.9. The Morgan fingerprint density at radius 2 is 1.45 bits per heavy atom. The topological polar surface area (TPSA) is 79.3 Å². The summed E-state index contributed by atoms with van der Waals surface area (Å²) in [7, 11) is 1.67. The Morgan fingerprint density at radius 1 is 0.868 bits per heavy atom. The predicted octanol–water partition coefficient (Wildman–Crippen LogP) is 9.31. The van der Waals surface area contributed by atoms with Crippen LogP contribution in [0.4, 0.5) is 45.2 Å². The van der Waals surface area contributed by atoms with Crippen molar-refractivity contribution in [3.05, 3.63) is 56.8 Å². The Kier molecular flexibility index (Phi) is 11.6. The summed E-state index contributed by atoms with van der Waals surface area (Å²) in [6.45, 7) is 1.21. The molecule has 0 spiro atoms. The van der Waals surface area contributed by atoms with Gasteiger partial charge < -0.3 is 20.1 Å². The quantitative estimate of drug-likeness (QED) is 0.223. The summed E-state index contributed by atoms with van der Waals surface area (Å²) in [6.07, 6.45) is -13.9. The van der Waals surface area contributed by atoms with E-state index in [1.807, 2.05) is 0 Å². The van der Waals surface area contributed by atoms with Crippen LogP contribution in [0, 0.1) is 17.3 Å². The first-order chi connectivity index (χ1) is 24.5. The number of hydrogen-bond donors (Lipinski definition) is 2. The van der Waals surface area contributed by atoms with Gasteiger partial charge in [-0.1, -0.05) is 29.3 Å². The fraction of sp³-hybridized carbons (Fsp3) is 0.571. The molecule has 2 heterocycles. The van der Waals surface area contributed by atoms with Gasteiger partial charge in [-0.3, -0.25) is 9.59 Å². The molecule has 0 atom stereocenters. The summed E-state index contributed by atoms with van der Waals surface area (Å²) in [6, 6.07) is 5.57. The Balaban J connectivity index is 1.44. The first-order valence-electron chi connectivity index (χ1n) is 17.0. The maximum atomic E-state index is 13.8. The smallest absolute Gasteiger partial charge is 0.371 e. The number of anilines is 1. The lowest BCUT2D eigenvalue weighted by Gasteiger charge is -2.35. The number of amides is 2. The third-order valence-corrected chi connectivity index (χ3v) is 11.3. The van der Waals surface area contributed by atoms with Crippen LogP contribution in [0.1, 0.15) is 79.7 Å². The Hall–Kier alpha value is -3.40. The molecule has 2 N–H and O–H groups in total. The highest BCUT2D eigenvalue weighted by Gasteiger charge is 2.53. The lowest BCUT2D eigenvalue weighted by molar-refractivity contribution is -0.211. The molecule has 0 radical (unpaired) electrons. The zero-order chi connectivity index (χ0) is 39.3. The number of aryl methyl sites for hydroxylation is 1. The third-order valence-electron chi connectivity index (χ3n) is 10.5. The predicted molar refractivity (Wildman–Crippen MR) is 182 cm³/mol. The fourth-order valence-electron chi connectivity index (χ4n) is 6.78. The van der Waals surface area contributed by atoms with E-state index in [0.717, 1.165) is 13.8 Å². The highest BCUT2D eigenvalue weighted by Crippen LogP contribution is 2.41. The number of alkyl halides is 9.